The van der Waals surface area contributed by atoms with Gasteiger partial charge in [-0.05, 0) is 38.8 Å². The van der Waals surface area contributed by atoms with Crippen molar-refractivity contribution in [2.24, 2.45) is 0 Å². The molecule has 0 bridgehead atoms. The van der Waals surface area contributed by atoms with Gasteiger partial charge >= 0.3 is 0 Å². The molecule has 3 nitrogen and oxygen atoms in total. The molecule has 1 saturated heterocycles. The van der Waals surface area contributed by atoms with Gasteiger partial charge in [0.2, 0.25) is 0 Å². The number of aryl methyl sites for hydroxylation is 1. The number of nitrogen functional groups attached to an aromatic ring is 1. The number of pyridine rings is 1. The van der Waals surface area contributed by atoms with Crippen LogP contribution in [0.15, 0.2) is 6.20 Å². The summed E-state index contributed by atoms with van der Waals surface area (Å²) in [5.41, 5.74) is 10.3. The largest absolute Gasteiger partial charge is 0.398 e. The smallest absolute Gasteiger partial charge is 0.0593 e. The van der Waals surface area contributed by atoms with Crippen LogP contribution in [0.2, 0.25) is 0 Å². The van der Waals surface area contributed by atoms with Crippen LogP contribution in [0.1, 0.15) is 30.7 Å². The Morgan fingerprint density at radius 3 is 2.83 bits per heavy atom. The molecule has 100 valence electrons. The summed E-state index contributed by atoms with van der Waals surface area (Å²) < 4.78 is 0.350. The SMILES string of the molecule is Cc1cnc(CN2CCSC(C)(C)C2)c(C)c1N. The van der Waals surface area contributed by atoms with E-state index in [0.717, 1.165) is 42.1 Å². The molecule has 0 spiro atoms. The van der Waals surface area contributed by atoms with Crippen molar-refractivity contribution in [2.75, 3.05) is 24.6 Å². The summed E-state index contributed by atoms with van der Waals surface area (Å²) in [7, 11) is 0. The molecular formula is C14H23N3S. The first-order valence-electron chi connectivity index (χ1n) is 6.46. The van der Waals surface area contributed by atoms with E-state index < -0.39 is 0 Å². The van der Waals surface area contributed by atoms with Gasteiger partial charge in [0, 0.05) is 42.0 Å². The molecule has 0 aliphatic carbocycles. The van der Waals surface area contributed by atoms with Gasteiger partial charge in [-0.2, -0.15) is 11.8 Å². The second kappa shape index (κ2) is 5.10. The van der Waals surface area contributed by atoms with Gasteiger partial charge in [0.15, 0.2) is 0 Å². The minimum atomic E-state index is 0.350. The molecule has 0 atom stereocenters. The molecule has 1 aromatic rings. The minimum absolute atomic E-state index is 0.350. The van der Waals surface area contributed by atoms with E-state index in [4.69, 9.17) is 5.73 Å². The van der Waals surface area contributed by atoms with Crippen LogP contribution in [-0.2, 0) is 6.54 Å². The molecule has 1 fully saturated rings. The topological polar surface area (TPSA) is 42.2 Å². The molecule has 2 N–H and O–H groups in total. The van der Waals surface area contributed by atoms with Gasteiger partial charge in [-0.15, -0.1) is 0 Å². The van der Waals surface area contributed by atoms with Crippen LogP contribution in [0.4, 0.5) is 5.69 Å². The van der Waals surface area contributed by atoms with Crippen molar-refractivity contribution in [1.82, 2.24) is 9.88 Å². The van der Waals surface area contributed by atoms with Crippen molar-refractivity contribution in [2.45, 2.75) is 39.0 Å². The lowest BCUT2D eigenvalue weighted by molar-refractivity contribution is 0.249. The van der Waals surface area contributed by atoms with Crippen LogP contribution in [0.5, 0.6) is 0 Å². The van der Waals surface area contributed by atoms with Gasteiger partial charge in [0.1, 0.15) is 0 Å². The monoisotopic (exact) mass is 265 g/mol. The Hall–Kier alpha value is -0.740. The highest BCUT2D eigenvalue weighted by Gasteiger charge is 2.27. The van der Waals surface area contributed by atoms with E-state index in [1.54, 1.807) is 0 Å². The summed E-state index contributed by atoms with van der Waals surface area (Å²) in [4.78, 5) is 7.04. The average Bonchev–Trinajstić information content (AvgIpc) is 2.29. The Morgan fingerprint density at radius 2 is 2.17 bits per heavy atom. The number of anilines is 1. The quantitative estimate of drug-likeness (QED) is 0.892. The molecular weight excluding hydrogens is 242 g/mol. The Labute approximate surface area is 114 Å². The molecule has 0 unspecified atom stereocenters. The third-order valence-electron chi connectivity index (χ3n) is 3.55. The zero-order chi connectivity index (χ0) is 13.3. The molecule has 0 aromatic carbocycles. The van der Waals surface area contributed by atoms with Crippen LogP contribution in [0.25, 0.3) is 0 Å². The van der Waals surface area contributed by atoms with Gasteiger partial charge in [-0.3, -0.25) is 9.88 Å². The molecule has 0 amide bonds. The predicted molar refractivity (Wildman–Crippen MR) is 79.9 cm³/mol. The number of hydrogen-bond donors (Lipinski definition) is 1. The molecule has 18 heavy (non-hydrogen) atoms. The third-order valence-corrected chi connectivity index (χ3v) is 4.85. The second-order valence-electron chi connectivity index (χ2n) is 5.75. The van der Waals surface area contributed by atoms with Crippen LogP contribution in [0, 0.1) is 13.8 Å². The van der Waals surface area contributed by atoms with Crippen molar-refractivity contribution in [3.63, 3.8) is 0 Å². The maximum Gasteiger partial charge on any atom is 0.0593 e. The summed E-state index contributed by atoms with van der Waals surface area (Å²) in [6.45, 7) is 11.9. The first kappa shape index (κ1) is 13.7. The normalized spacial score (nSPS) is 20.0. The van der Waals surface area contributed by atoms with Gasteiger partial charge < -0.3 is 5.73 Å². The summed E-state index contributed by atoms with van der Waals surface area (Å²) in [6, 6.07) is 0. The van der Waals surface area contributed by atoms with E-state index >= 15 is 0 Å². The summed E-state index contributed by atoms with van der Waals surface area (Å²) in [5, 5.41) is 0. The lowest BCUT2D eigenvalue weighted by Crippen LogP contribution is -2.42. The lowest BCUT2D eigenvalue weighted by Gasteiger charge is -2.37. The molecule has 0 saturated carbocycles. The molecule has 1 aromatic heterocycles. The number of hydrogen-bond acceptors (Lipinski definition) is 4. The van der Waals surface area contributed by atoms with Crippen LogP contribution < -0.4 is 5.73 Å². The Kier molecular flexibility index (Phi) is 3.87. The summed E-state index contributed by atoms with van der Waals surface area (Å²) in [6.07, 6.45) is 1.89. The van der Waals surface area contributed by atoms with E-state index in [9.17, 15) is 0 Å². The number of aromatic nitrogens is 1. The molecule has 1 aliphatic rings. The van der Waals surface area contributed by atoms with Gasteiger partial charge in [-0.1, -0.05) is 0 Å². The maximum absolute atomic E-state index is 6.08. The van der Waals surface area contributed by atoms with Crippen molar-refractivity contribution in [3.05, 3.63) is 23.0 Å². The van der Waals surface area contributed by atoms with Crippen molar-refractivity contribution >= 4 is 17.4 Å². The van der Waals surface area contributed by atoms with Crippen molar-refractivity contribution in [1.29, 1.82) is 0 Å². The summed E-state index contributed by atoms with van der Waals surface area (Å²) in [5.74, 6) is 1.20. The fourth-order valence-corrected chi connectivity index (χ4v) is 3.59. The first-order chi connectivity index (χ1) is 8.39. The highest BCUT2D eigenvalue weighted by atomic mass is 32.2. The first-order valence-corrected chi connectivity index (χ1v) is 7.44. The lowest BCUT2D eigenvalue weighted by atomic mass is 10.1. The van der Waals surface area contributed by atoms with E-state index in [-0.39, 0.29) is 0 Å². The highest BCUT2D eigenvalue weighted by Crippen LogP contribution is 2.30. The fraction of sp³-hybridized carbons (Fsp3) is 0.643. The standard InChI is InChI=1S/C14H23N3S/c1-10-7-16-12(11(2)13(10)15)8-17-5-6-18-14(3,4)9-17/h7H,5-6,8-9H2,1-4H3,(H2,15,16). The van der Waals surface area contributed by atoms with E-state index in [0.29, 0.717) is 4.75 Å². The predicted octanol–water partition coefficient (Wildman–Crippen LogP) is 2.61. The maximum atomic E-state index is 6.08. The zero-order valence-corrected chi connectivity index (χ0v) is 12.6. The second-order valence-corrected chi connectivity index (χ2v) is 7.55. The molecule has 1 aliphatic heterocycles. The molecule has 0 radical (unpaired) electrons. The van der Waals surface area contributed by atoms with Gasteiger partial charge in [0.25, 0.3) is 0 Å². The van der Waals surface area contributed by atoms with Gasteiger partial charge in [0.05, 0.1) is 5.69 Å². The van der Waals surface area contributed by atoms with E-state index in [2.05, 4.69) is 42.4 Å². The number of thioether (sulfide) groups is 1. The number of rotatable bonds is 2. The molecule has 4 heteroatoms. The van der Waals surface area contributed by atoms with Crippen molar-refractivity contribution in [3.8, 4) is 0 Å². The zero-order valence-electron chi connectivity index (χ0n) is 11.8. The van der Waals surface area contributed by atoms with Crippen LogP contribution >= 0.6 is 11.8 Å². The van der Waals surface area contributed by atoms with E-state index in [1.807, 2.05) is 13.1 Å². The summed E-state index contributed by atoms with van der Waals surface area (Å²) >= 11 is 2.06. The number of nitrogens with zero attached hydrogens (tertiary/aromatic N) is 2. The molecule has 2 heterocycles. The molecule has 2 rings (SSSR count). The van der Waals surface area contributed by atoms with Gasteiger partial charge in [-0.25, -0.2) is 0 Å². The Balaban J connectivity index is 2.12. The van der Waals surface area contributed by atoms with Crippen molar-refractivity contribution < 1.29 is 0 Å². The number of nitrogens with two attached hydrogens (primary N) is 1. The Morgan fingerprint density at radius 1 is 1.44 bits per heavy atom. The van der Waals surface area contributed by atoms with Crippen LogP contribution in [-0.4, -0.2) is 33.5 Å². The fourth-order valence-electron chi connectivity index (χ4n) is 2.41. The highest BCUT2D eigenvalue weighted by molar-refractivity contribution is 8.00. The minimum Gasteiger partial charge on any atom is -0.398 e. The van der Waals surface area contributed by atoms with E-state index in [1.165, 1.54) is 5.75 Å². The third kappa shape index (κ3) is 2.98. The Bertz CT molecular complexity index is 443. The van der Waals surface area contributed by atoms with Crippen LogP contribution in [0.3, 0.4) is 0 Å². The average molecular weight is 265 g/mol.